The molecule has 0 spiro atoms. The van der Waals surface area contributed by atoms with Crippen LogP contribution in [0.5, 0.6) is 0 Å². The van der Waals surface area contributed by atoms with Crippen LogP contribution < -0.4 is 0 Å². The monoisotopic (exact) mass is 208 g/mol. The lowest BCUT2D eigenvalue weighted by Gasteiger charge is -2.03. The molecule has 0 bridgehead atoms. The lowest BCUT2D eigenvalue weighted by molar-refractivity contribution is 0.526. The highest BCUT2D eigenvalue weighted by molar-refractivity contribution is 4.96. The molecule has 0 aliphatic rings. The summed E-state index contributed by atoms with van der Waals surface area (Å²) < 4.78 is 2.14. The Hall–Kier alpha value is -0.790. The van der Waals surface area contributed by atoms with Gasteiger partial charge in [0.25, 0.3) is 0 Å². The van der Waals surface area contributed by atoms with E-state index >= 15 is 0 Å². The molecule has 2 heteroatoms. The molecule has 0 N–H and O–H groups in total. The quantitative estimate of drug-likeness (QED) is 0.625. The van der Waals surface area contributed by atoms with Crippen molar-refractivity contribution in [1.82, 2.24) is 9.55 Å². The summed E-state index contributed by atoms with van der Waals surface area (Å²) in [6.45, 7) is 7.76. The van der Waals surface area contributed by atoms with E-state index in [4.69, 9.17) is 0 Å². The molecule has 0 aromatic carbocycles. The molecule has 0 saturated heterocycles. The molecular weight excluding hydrogens is 184 g/mol. The van der Waals surface area contributed by atoms with Crippen molar-refractivity contribution in [1.29, 1.82) is 0 Å². The van der Waals surface area contributed by atoms with Crippen LogP contribution in [0.25, 0.3) is 0 Å². The molecule has 1 aromatic heterocycles. The molecule has 1 heterocycles. The number of rotatable bonds is 7. The van der Waals surface area contributed by atoms with Gasteiger partial charge in [0, 0.05) is 12.7 Å². The van der Waals surface area contributed by atoms with E-state index in [1.165, 1.54) is 31.4 Å². The molecule has 0 aliphatic heterocycles. The zero-order chi connectivity index (χ0) is 11.1. The van der Waals surface area contributed by atoms with E-state index < -0.39 is 0 Å². The van der Waals surface area contributed by atoms with E-state index in [0.717, 1.165) is 18.9 Å². The Bertz CT molecular complexity index is 263. The van der Waals surface area contributed by atoms with Crippen molar-refractivity contribution in [2.24, 2.45) is 5.92 Å². The van der Waals surface area contributed by atoms with Gasteiger partial charge in [0.1, 0.15) is 0 Å². The number of hydrogen-bond acceptors (Lipinski definition) is 1. The number of unbranched alkanes of at least 4 members (excludes halogenated alkanes) is 2. The Morgan fingerprint density at radius 3 is 2.67 bits per heavy atom. The van der Waals surface area contributed by atoms with Crippen LogP contribution in [-0.2, 0) is 13.0 Å². The third-order valence-corrected chi connectivity index (χ3v) is 2.77. The van der Waals surface area contributed by atoms with Gasteiger partial charge in [-0.3, -0.25) is 0 Å². The molecule has 1 rings (SSSR count). The predicted molar refractivity (Wildman–Crippen MR) is 64.9 cm³/mol. The third kappa shape index (κ3) is 5.01. The molecule has 0 aliphatic carbocycles. The van der Waals surface area contributed by atoms with Crippen LogP contribution in [-0.4, -0.2) is 9.55 Å². The second-order valence-electron chi connectivity index (χ2n) is 4.69. The van der Waals surface area contributed by atoms with Crippen molar-refractivity contribution in [3.8, 4) is 0 Å². The fraction of sp³-hybridized carbons (Fsp3) is 0.769. The highest BCUT2D eigenvalue weighted by Gasteiger charge is 1.98. The number of aromatic nitrogens is 2. The van der Waals surface area contributed by atoms with Gasteiger partial charge in [0.2, 0.25) is 0 Å². The lowest BCUT2D eigenvalue weighted by atomic mass is 10.0. The maximum atomic E-state index is 4.38. The van der Waals surface area contributed by atoms with E-state index in [0.29, 0.717) is 0 Å². The molecule has 2 nitrogen and oxygen atoms in total. The van der Waals surface area contributed by atoms with E-state index in [1.807, 2.05) is 6.33 Å². The summed E-state index contributed by atoms with van der Waals surface area (Å²) in [5.41, 5.74) is 1.25. The van der Waals surface area contributed by atoms with Gasteiger partial charge in [-0.1, -0.05) is 33.1 Å². The van der Waals surface area contributed by atoms with E-state index in [-0.39, 0.29) is 0 Å². The molecule has 0 saturated carbocycles. The molecule has 0 unspecified atom stereocenters. The summed E-state index contributed by atoms with van der Waals surface area (Å²) in [6, 6.07) is 0. The fourth-order valence-corrected chi connectivity index (χ4v) is 1.74. The predicted octanol–water partition coefficient (Wildman–Crippen LogP) is 3.66. The van der Waals surface area contributed by atoms with Crippen LogP contribution in [0.15, 0.2) is 12.5 Å². The van der Waals surface area contributed by atoms with Crippen molar-refractivity contribution in [3.63, 3.8) is 0 Å². The van der Waals surface area contributed by atoms with E-state index in [2.05, 4.69) is 36.5 Å². The van der Waals surface area contributed by atoms with Crippen LogP contribution in [0, 0.1) is 5.92 Å². The Morgan fingerprint density at radius 2 is 2.07 bits per heavy atom. The number of hydrogen-bond donors (Lipinski definition) is 0. The summed E-state index contributed by atoms with van der Waals surface area (Å²) in [4.78, 5) is 4.38. The van der Waals surface area contributed by atoms with Crippen LogP contribution in [0.1, 0.15) is 52.1 Å². The normalized spacial score (nSPS) is 11.2. The first-order valence-corrected chi connectivity index (χ1v) is 6.23. The maximum Gasteiger partial charge on any atom is 0.0949 e. The van der Waals surface area contributed by atoms with Gasteiger partial charge >= 0.3 is 0 Å². The van der Waals surface area contributed by atoms with E-state index in [1.54, 1.807) is 0 Å². The average Bonchev–Trinajstić information content (AvgIpc) is 2.65. The highest BCUT2D eigenvalue weighted by atomic mass is 15.0. The number of imidazole rings is 1. The molecule has 0 atom stereocenters. The van der Waals surface area contributed by atoms with Gasteiger partial charge in [-0.15, -0.1) is 0 Å². The molecule has 15 heavy (non-hydrogen) atoms. The second kappa shape index (κ2) is 6.65. The van der Waals surface area contributed by atoms with Gasteiger partial charge in [-0.25, -0.2) is 4.98 Å². The first-order chi connectivity index (χ1) is 7.22. The van der Waals surface area contributed by atoms with Gasteiger partial charge < -0.3 is 4.57 Å². The van der Waals surface area contributed by atoms with Crippen molar-refractivity contribution >= 4 is 0 Å². The number of nitrogens with zero attached hydrogens (tertiary/aromatic N) is 2. The molecule has 0 radical (unpaired) electrons. The van der Waals surface area contributed by atoms with Crippen LogP contribution in [0.3, 0.4) is 0 Å². The van der Waals surface area contributed by atoms with Gasteiger partial charge in [0.05, 0.1) is 12.0 Å². The summed E-state index contributed by atoms with van der Waals surface area (Å²) >= 11 is 0. The SMILES string of the molecule is CCn1cnc(CCCCCC(C)C)c1. The highest BCUT2D eigenvalue weighted by Crippen LogP contribution is 2.10. The van der Waals surface area contributed by atoms with Crippen molar-refractivity contribution in [2.45, 2.75) is 59.4 Å². The van der Waals surface area contributed by atoms with E-state index in [9.17, 15) is 0 Å². The molecule has 0 fully saturated rings. The largest absolute Gasteiger partial charge is 0.337 e. The van der Waals surface area contributed by atoms with Crippen LogP contribution in [0.4, 0.5) is 0 Å². The summed E-state index contributed by atoms with van der Waals surface area (Å²) in [6.07, 6.45) is 10.6. The number of aryl methyl sites for hydroxylation is 2. The topological polar surface area (TPSA) is 17.8 Å². The Morgan fingerprint density at radius 1 is 1.27 bits per heavy atom. The average molecular weight is 208 g/mol. The maximum absolute atomic E-state index is 4.38. The fourth-order valence-electron chi connectivity index (χ4n) is 1.74. The molecular formula is C13H24N2. The molecule has 1 aromatic rings. The summed E-state index contributed by atoms with van der Waals surface area (Å²) in [5, 5.41) is 0. The summed E-state index contributed by atoms with van der Waals surface area (Å²) in [7, 11) is 0. The summed E-state index contributed by atoms with van der Waals surface area (Å²) in [5.74, 6) is 0.851. The van der Waals surface area contributed by atoms with Crippen molar-refractivity contribution < 1.29 is 0 Å². The zero-order valence-corrected chi connectivity index (χ0v) is 10.4. The van der Waals surface area contributed by atoms with Gasteiger partial charge in [-0.2, -0.15) is 0 Å². The Balaban J connectivity index is 2.09. The van der Waals surface area contributed by atoms with Gasteiger partial charge in [0.15, 0.2) is 0 Å². The van der Waals surface area contributed by atoms with Crippen LogP contribution in [0.2, 0.25) is 0 Å². The standard InChI is InChI=1S/C13H24N2/c1-4-15-10-13(14-11-15)9-7-5-6-8-12(2)3/h10-12H,4-9H2,1-3H3. The first kappa shape index (κ1) is 12.3. The minimum atomic E-state index is 0.851. The Labute approximate surface area is 93.7 Å². The minimum Gasteiger partial charge on any atom is -0.337 e. The van der Waals surface area contributed by atoms with Crippen molar-refractivity contribution in [2.75, 3.05) is 0 Å². The third-order valence-electron chi connectivity index (χ3n) is 2.77. The molecule has 0 amide bonds. The molecule has 86 valence electrons. The van der Waals surface area contributed by atoms with Crippen molar-refractivity contribution in [3.05, 3.63) is 18.2 Å². The lowest BCUT2D eigenvalue weighted by Crippen LogP contribution is -1.90. The van der Waals surface area contributed by atoms with Gasteiger partial charge in [-0.05, 0) is 25.7 Å². The minimum absolute atomic E-state index is 0.851. The first-order valence-electron chi connectivity index (χ1n) is 6.23. The Kier molecular flexibility index (Phi) is 5.44. The van der Waals surface area contributed by atoms with Crippen LogP contribution >= 0.6 is 0 Å². The zero-order valence-electron chi connectivity index (χ0n) is 10.4. The second-order valence-corrected chi connectivity index (χ2v) is 4.69. The smallest absolute Gasteiger partial charge is 0.0949 e.